The monoisotopic (exact) mass is 230 g/mol. The maximum atomic E-state index is 6.60. The number of benzene rings is 2. The molecule has 0 heterocycles. The lowest BCUT2D eigenvalue weighted by molar-refractivity contribution is 0.673. The smallest absolute Gasteiger partial charge is 0.0707 e. The highest BCUT2D eigenvalue weighted by molar-refractivity contribution is 6.23. The van der Waals surface area contributed by atoms with Crippen LogP contribution in [0.2, 0.25) is 0 Å². The Morgan fingerprint density at radius 1 is 0.875 bits per heavy atom. The van der Waals surface area contributed by atoms with Crippen LogP contribution in [-0.2, 0) is 11.3 Å². The van der Waals surface area contributed by atoms with Crippen molar-refractivity contribution in [3.63, 3.8) is 0 Å². The van der Waals surface area contributed by atoms with Crippen LogP contribution < -0.4 is 0 Å². The van der Waals surface area contributed by atoms with Gasteiger partial charge in [0.25, 0.3) is 0 Å². The van der Waals surface area contributed by atoms with E-state index in [1.54, 1.807) is 0 Å². The maximum absolute atomic E-state index is 6.60. The van der Waals surface area contributed by atoms with Crippen LogP contribution in [0.5, 0.6) is 0 Å². The van der Waals surface area contributed by atoms with E-state index in [4.69, 9.17) is 11.6 Å². The molecule has 1 heteroatoms. The van der Waals surface area contributed by atoms with Gasteiger partial charge in [0.2, 0.25) is 0 Å². The molecule has 0 fully saturated rings. The summed E-state index contributed by atoms with van der Waals surface area (Å²) >= 11 is 6.60. The Balaban J connectivity index is 2.21. The number of hydrogen-bond donors (Lipinski definition) is 0. The number of alkyl halides is 1. The number of hydrogen-bond acceptors (Lipinski definition) is 0. The van der Waals surface area contributed by atoms with Crippen molar-refractivity contribution < 1.29 is 0 Å². The third kappa shape index (κ3) is 2.65. The van der Waals surface area contributed by atoms with Gasteiger partial charge in [0.1, 0.15) is 0 Å². The summed E-state index contributed by atoms with van der Waals surface area (Å²) in [6, 6.07) is 20.6. The van der Waals surface area contributed by atoms with E-state index >= 15 is 0 Å². The Kier molecular flexibility index (Phi) is 3.31. The average molecular weight is 231 g/mol. The highest BCUT2D eigenvalue weighted by Crippen LogP contribution is 2.32. The van der Waals surface area contributed by atoms with Crippen LogP contribution in [0.4, 0.5) is 0 Å². The predicted molar refractivity (Wildman–Crippen MR) is 69.8 cm³/mol. The van der Waals surface area contributed by atoms with Crippen LogP contribution in [0.3, 0.4) is 0 Å². The first-order chi connectivity index (χ1) is 7.68. The molecule has 0 amide bonds. The van der Waals surface area contributed by atoms with Gasteiger partial charge in [-0.25, -0.2) is 0 Å². The van der Waals surface area contributed by atoms with Gasteiger partial charge in [-0.3, -0.25) is 0 Å². The summed E-state index contributed by atoms with van der Waals surface area (Å²) in [5.74, 6) is 0. The minimum Gasteiger partial charge on any atom is -0.114 e. The van der Waals surface area contributed by atoms with Gasteiger partial charge < -0.3 is 0 Å². The van der Waals surface area contributed by atoms with E-state index in [2.05, 4.69) is 31.2 Å². The van der Waals surface area contributed by atoms with E-state index in [-0.39, 0.29) is 4.87 Å². The summed E-state index contributed by atoms with van der Waals surface area (Å²) in [5, 5.41) is 0. The quantitative estimate of drug-likeness (QED) is 0.687. The number of halogens is 1. The molecule has 1 unspecified atom stereocenters. The van der Waals surface area contributed by atoms with Crippen molar-refractivity contribution in [2.75, 3.05) is 0 Å². The molecule has 2 aromatic rings. The molecule has 0 radical (unpaired) electrons. The zero-order valence-electron chi connectivity index (χ0n) is 9.36. The van der Waals surface area contributed by atoms with Crippen molar-refractivity contribution in [1.82, 2.24) is 0 Å². The molecular weight excluding hydrogens is 216 g/mol. The Morgan fingerprint density at radius 3 is 1.94 bits per heavy atom. The molecule has 0 nitrogen and oxygen atoms in total. The molecule has 0 N–H and O–H groups in total. The first kappa shape index (κ1) is 11.2. The molecule has 82 valence electrons. The van der Waals surface area contributed by atoms with Gasteiger partial charge in [-0.2, -0.15) is 0 Å². The Bertz CT molecular complexity index is 432. The molecule has 0 spiro atoms. The molecule has 2 rings (SSSR count). The van der Waals surface area contributed by atoms with E-state index in [1.165, 1.54) is 11.1 Å². The first-order valence-electron chi connectivity index (χ1n) is 5.47. The largest absolute Gasteiger partial charge is 0.114 e. The van der Waals surface area contributed by atoms with Gasteiger partial charge in [0.05, 0.1) is 4.87 Å². The summed E-state index contributed by atoms with van der Waals surface area (Å²) < 4.78 is 0. The van der Waals surface area contributed by atoms with Gasteiger partial charge in [-0.05, 0) is 24.5 Å². The average Bonchev–Trinajstić information content (AvgIpc) is 2.31. The second-order valence-corrected chi connectivity index (χ2v) is 5.06. The van der Waals surface area contributed by atoms with Crippen molar-refractivity contribution in [3.8, 4) is 0 Å². The Labute approximate surface area is 102 Å². The van der Waals surface area contributed by atoms with Crippen LogP contribution in [0.15, 0.2) is 60.7 Å². The number of rotatable bonds is 3. The van der Waals surface area contributed by atoms with Gasteiger partial charge in [0, 0.05) is 0 Å². The summed E-state index contributed by atoms with van der Waals surface area (Å²) in [4.78, 5) is -0.331. The molecule has 0 aromatic heterocycles. The second kappa shape index (κ2) is 4.71. The lowest BCUT2D eigenvalue weighted by Crippen LogP contribution is -2.17. The normalized spacial score (nSPS) is 14.4. The predicted octanol–water partition coefficient (Wildman–Crippen LogP) is 4.38. The minimum absolute atomic E-state index is 0.331. The molecule has 0 aliphatic rings. The fourth-order valence-corrected chi connectivity index (χ4v) is 2.15. The molecule has 0 saturated heterocycles. The van der Waals surface area contributed by atoms with Crippen molar-refractivity contribution in [1.29, 1.82) is 0 Å². The van der Waals surface area contributed by atoms with E-state index in [0.29, 0.717) is 0 Å². The van der Waals surface area contributed by atoms with Crippen LogP contribution in [0.1, 0.15) is 18.1 Å². The molecule has 2 aromatic carbocycles. The van der Waals surface area contributed by atoms with Crippen molar-refractivity contribution in [2.24, 2.45) is 0 Å². The lowest BCUT2D eigenvalue weighted by Gasteiger charge is -2.22. The van der Waals surface area contributed by atoms with Crippen molar-refractivity contribution in [3.05, 3.63) is 71.8 Å². The molecule has 0 bridgehead atoms. The Morgan fingerprint density at radius 2 is 1.38 bits per heavy atom. The topological polar surface area (TPSA) is 0 Å². The first-order valence-corrected chi connectivity index (χ1v) is 5.85. The lowest BCUT2D eigenvalue weighted by atomic mass is 9.93. The zero-order chi connectivity index (χ0) is 11.4. The molecule has 16 heavy (non-hydrogen) atoms. The molecule has 0 aliphatic carbocycles. The third-order valence-electron chi connectivity index (χ3n) is 2.75. The van der Waals surface area contributed by atoms with E-state index < -0.39 is 0 Å². The zero-order valence-corrected chi connectivity index (χ0v) is 10.1. The third-order valence-corrected chi connectivity index (χ3v) is 3.11. The second-order valence-electron chi connectivity index (χ2n) is 4.23. The fraction of sp³-hybridized carbons (Fsp3) is 0.200. The van der Waals surface area contributed by atoms with Crippen LogP contribution in [0.25, 0.3) is 0 Å². The van der Waals surface area contributed by atoms with Crippen LogP contribution in [-0.4, -0.2) is 0 Å². The molecular formula is C15H15Cl. The summed E-state index contributed by atoms with van der Waals surface area (Å²) in [6.07, 6.45) is 0.847. The standard InChI is InChI=1S/C15H15Cl/c1-15(16,14-10-6-3-7-11-14)12-13-8-4-2-5-9-13/h2-11H,12H2,1H3. The van der Waals surface area contributed by atoms with Gasteiger partial charge >= 0.3 is 0 Å². The van der Waals surface area contributed by atoms with E-state index in [9.17, 15) is 0 Å². The molecule has 1 atom stereocenters. The van der Waals surface area contributed by atoms with Crippen molar-refractivity contribution >= 4 is 11.6 Å². The van der Waals surface area contributed by atoms with Gasteiger partial charge in [0.15, 0.2) is 0 Å². The highest BCUT2D eigenvalue weighted by atomic mass is 35.5. The van der Waals surface area contributed by atoms with E-state index in [0.717, 1.165) is 6.42 Å². The summed E-state index contributed by atoms with van der Waals surface area (Å²) in [7, 11) is 0. The van der Waals surface area contributed by atoms with E-state index in [1.807, 2.05) is 36.4 Å². The van der Waals surface area contributed by atoms with Crippen LogP contribution >= 0.6 is 11.6 Å². The molecule has 0 aliphatic heterocycles. The summed E-state index contributed by atoms with van der Waals surface area (Å²) in [5.41, 5.74) is 2.43. The maximum Gasteiger partial charge on any atom is 0.0707 e. The SMILES string of the molecule is CC(Cl)(Cc1ccccc1)c1ccccc1. The minimum atomic E-state index is -0.331. The van der Waals surface area contributed by atoms with Gasteiger partial charge in [-0.15, -0.1) is 11.6 Å². The Hall–Kier alpha value is -1.27. The fourth-order valence-electron chi connectivity index (χ4n) is 1.87. The van der Waals surface area contributed by atoms with Gasteiger partial charge in [-0.1, -0.05) is 60.7 Å². The van der Waals surface area contributed by atoms with Crippen LogP contribution in [0, 0.1) is 0 Å². The highest BCUT2D eigenvalue weighted by Gasteiger charge is 2.23. The molecule has 0 saturated carbocycles. The summed E-state index contributed by atoms with van der Waals surface area (Å²) in [6.45, 7) is 2.07. The van der Waals surface area contributed by atoms with Crippen molar-refractivity contribution in [2.45, 2.75) is 18.2 Å².